The van der Waals surface area contributed by atoms with Gasteiger partial charge in [0, 0.05) is 0 Å². The van der Waals surface area contributed by atoms with E-state index in [9.17, 15) is 4.79 Å². The minimum Gasteiger partial charge on any atom is -0.494 e. The fourth-order valence-corrected chi connectivity index (χ4v) is 1.90. The van der Waals surface area contributed by atoms with E-state index in [0.29, 0.717) is 6.61 Å². The van der Waals surface area contributed by atoms with Crippen molar-refractivity contribution in [3.8, 4) is 5.75 Å². The number of hydrogen-bond donors (Lipinski definition) is 1. The first kappa shape index (κ1) is 12.9. The van der Waals surface area contributed by atoms with Gasteiger partial charge in [0.25, 0.3) is 0 Å². The molecule has 0 fully saturated rings. The lowest BCUT2D eigenvalue weighted by atomic mass is 10.3. The highest BCUT2D eigenvalue weighted by molar-refractivity contribution is 7.99. The summed E-state index contributed by atoms with van der Waals surface area (Å²) in [7, 11) is 0. The average Bonchev–Trinajstić information content (AvgIpc) is 2.29. The molecular weight excluding hydrogens is 224 g/mol. The van der Waals surface area contributed by atoms with Gasteiger partial charge in [-0.05, 0) is 30.7 Å². The number of thioether (sulfide) groups is 1. The molecule has 0 radical (unpaired) electrons. The Morgan fingerprint density at radius 2 is 2.00 bits per heavy atom. The van der Waals surface area contributed by atoms with Crippen LogP contribution in [0.15, 0.2) is 30.3 Å². The number of para-hydroxylation sites is 1. The third kappa shape index (κ3) is 6.35. The molecule has 0 saturated carbocycles. The topological polar surface area (TPSA) is 46.5 Å². The summed E-state index contributed by atoms with van der Waals surface area (Å²) >= 11 is 1.45. The molecule has 0 amide bonds. The van der Waals surface area contributed by atoms with Crippen LogP contribution in [0.3, 0.4) is 0 Å². The summed E-state index contributed by atoms with van der Waals surface area (Å²) in [5.41, 5.74) is 0. The molecule has 0 aliphatic heterocycles. The average molecular weight is 240 g/mol. The number of carboxylic acids is 1. The molecule has 1 N–H and O–H groups in total. The molecule has 1 aromatic carbocycles. The molecule has 4 heteroatoms. The zero-order chi connectivity index (χ0) is 11.6. The van der Waals surface area contributed by atoms with Crippen molar-refractivity contribution in [3.05, 3.63) is 30.3 Å². The summed E-state index contributed by atoms with van der Waals surface area (Å²) in [6, 6.07) is 9.70. The highest BCUT2D eigenvalue weighted by atomic mass is 32.2. The molecule has 0 unspecified atom stereocenters. The molecule has 0 heterocycles. The van der Waals surface area contributed by atoms with Crippen LogP contribution in [0.1, 0.15) is 12.8 Å². The quantitative estimate of drug-likeness (QED) is 0.710. The van der Waals surface area contributed by atoms with Crippen molar-refractivity contribution >= 4 is 17.7 Å². The van der Waals surface area contributed by atoms with E-state index >= 15 is 0 Å². The van der Waals surface area contributed by atoms with Crippen LogP contribution >= 0.6 is 11.8 Å². The third-order valence-electron chi connectivity index (χ3n) is 1.92. The van der Waals surface area contributed by atoms with Crippen LogP contribution in [0, 0.1) is 0 Å². The van der Waals surface area contributed by atoms with Gasteiger partial charge in [0.05, 0.1) is 12.4 Å². The van der Waals surface area contributed by atoms with E-state index in [4.69, 9.17) is 9.84 Å². The normalized spacial score (nSPS) is 10.0. The van der Waals surface area contributed by atoms with Crippen LogP contribution in [0.4, 0.5) is 0 Å². The number of ether oxygens (including phenoxy) is 1. The van der Waals surface area contributed by atoms with Gasteiger partial charge in [0.1, 0.15) is 5.75 Å². The fraction of sp³-hybridized carbons (Fsp3) is 0.417. The summed E-state index contributed by atoms with van der Waals surface area (Å²) in [6.45, 7) is 0.692. The van der Waals surface area contributed by atoms with Gasteiger partial charge in [0.15, 0.2) is 0 Å². The van der Waals surface area contributed by atoms with Crippen molar-refractivity contribution < 1.29 is 14.6 Å². The van der Waals surface area contributed by atoms with E-state index in [2.05, 4.69) is 0 Å². The van der Waals surface area contributed by atoms with Crippen LogP contribution in [-0.4, -0.2) is 29.2 Å². The molecular formula is C12H16O3S. The molecule has 0 aliphatic carbocycles. The fourth-order valence-electron chi connectivity index (χ4n) is 1.17. The zero-order valence-corrected chi connectivity index (χ0v) is 9.91. The maximum absolute atomic E-state index is 10.2. The van der Waals surface area contributed by atoms with Crippen LogP contribution in [0.5, 0.6) is 5.75 Å². The second-order valence-electron chi connectivity index (χ2n) is 3.31. The van der Waals surface area contributed by atoms with E-state index in [-0.39, 0.29) is 5.75 Å². The van der Waals surface area contributed by atoms with E-state index in [1.54, 1.807) is 0 Å². The minimum atomic E-state index is -0.745. The number of hydrogen-bond acceptors (Lipinski definition) is 3. The van der Waals surface area contributed by atoms with Crippen LogP contribution in [0.25, 0.3) is 0 Å². The van der Waals surface area contributed by atoms with Gasteiger partial charge in [-0.2, -0.15) is 11.8 Å². The van der Waals surface area contributed by atoms with E-state index in [0.717, 1.165) is 24.3 Å². The number of carbonyl (C=O) groups is 1. The summed E-state index contributed by atoms with van der Waals surface area (Å²) in [5, 5.41) is 8.42. The van der Waals surface area contributed by atoms with Gasteiger partial charge < -0.3 is 9.84 Å². The lowest BCUT2D eigenvalue weighted by molar-refractivity contribution is -0.133. The van der Waals surface area contributed by atoms with E-state index in [1.807, 2.05) is 30.3 Å². The smallest absolute Gasteiger partial charge is 0.313 e. The monoisotopic (exact) mass is 240 g/mol. The first-order chi connectivity index (χ1) is 7.79. The Bertz CT molecular complexity index is 300. The van der Waals surface area contributed by atoms with Gasteiger partial charge >= 0.3 is 5.97 Å². The summed E-state index contributed by atoms with van der Waals surface area (Å²) in [6.07, 6.45) is 1.95. The number of unbranched alkanes of at least 4 members (excludes halogenated alkanes) is 1. The summed E-state index contributed by atoms with van der Waals surface area (Å²) < 4.78 is 5.51. The highest BCUT2D eigenvalue weighted by Gasteiger charge is 1.97. The number of aliphatic carboxylic acids is 1. The Kier molecular flexibility index (Phi) is 6.49. The Morgan fingerprint density at radius 3 is 2.69 bits per heavy atom. The number of carboxylic acid groups (broad SMARTS) is 1. The standard InChI is InChI=1S/C12H16O3S/c13-12(14)10-16-9-5-4-8-15-11-6-2-1-3-7-11/h1-3,6-7H,4-5,8-10H2,(H,13,14). The predicted octanol–water partition coefficient (Wildman–Crippen LogP) is 2.66. The lowest BCUT2D eigenvalue weighted by Gasteiger charge is -2.05. The molecule has 3 nitrogen and oxygen atoms in total. The van der Waals surface area contributed by atoms with Crippen molar-refractivity contribution in [2.24, 2.45) is 0 Å². The molecule has 88 valence electrons. The molecule has 0 saturated heterocycles. The van der Waals surface area contributed by atoms with Gasteiger partial charge in [-0.15, -0.1) is 0 Å². The molecule has 16 heavy (non-hydrogen) atoms. The van der Waals surface area contributed by atoms with Crippen molar-refractivity contribution in [2.45, 2.75) is 12.8 Å². The van der Waals surface area contributed by atoms with Gasteiger partial charge in [-0.1, -0.05) is 18.2 Å². The first-order valence-corrected chi connectivity index (χ1v) is 6.42. The second-order valence-corrected chi connectivity index (χ2v) is 4.42. The SMILES string of the molecule is O=C(O)CSCCCCOc1ccccc1. The number of rotatable bonds is 8. The molecule has 0 spiro atoms. The van der Waals surface area contributed by atoms with Crippen LogP contribution in [0.2, 0.25) is 0 Å². The lowest BCUT2D eigenvalue weighted by Crippen LogP contribution is -2.00. The molecule has 0 bridgehead atoms. The third-order valence-corrected chi connectivity index (χ3v) is 2.95. The first-order valence-electron chi connectivity index (χ1n) is 5.26. The van der Waals surface area contributed by atoms with Gasteiger partial charge in [0.2, 0.25) is 0 Å². The van der Waals surface area contributed by atoms with Crippen LogP contribution < -0.4 is 4.74 Å². The largest absolute Gasteiger partial charge is 0.494 e. The zero-order valence-electron chi connectivity index (χ0n) is 9.09. The molecule has 1 rings (SSSR count). The van der Waals surface area contributed by atoms with Crippen molar-refractivity contribution in [1.29, 1.82) is 0 Å². The van der Waals surface area contributed by atoms with Crippen molar-refractivity contribution in [3.63, 3.8) is 0 Å². The molecule has 1 aromatic rings. The van der Waals surface area contributed by atoms with Crippen molar-refractivity contribution in [1.82, 2.24) is 0 Å². The Labute approximate surface area is 99.8 Å². The summed E-state index contributed by atoms with van der Waals surface area (Å²) in [4.78, 5) is 10.2. The minimum absolute atomic E-state index is 0.194. The Hall–Kier alpha value is -1.16. The van der Waals surface area contributed by atoms with E-state index in [1.165, 1.54) is 11.8 Å². The second kappa shape index (κ2) is 8.05. The van der Waals surface area contributed by atoms with Crippen LogP contribution in [-0.2, 0) is 4.79 Å². The maximum atomic E-state index is 10.2. The van der Waals surface area contributed by atoms with Gasteiger partial charge in [-0.25, -0.2) is 0 Å². The summed E-state index contributed by atoms with van der Waals surface area (Å²) in [5.74, 6) is 1.22. The van der Waals surface area contributed by atoms with Crippen molar-refractivity contribution in [2.75, 3.05) is 18.1 Å². The molecule has 0 aliphatic rings. The number of benzene rings is 1. The molecule has 0 aromatic heterocycles. The molecule has 0 atom stereocenters. The van der Waals surface area contributed by atoms with Gasteiger partial charge in [-0.3, -0.25) is 4.79 Å². The Balaban J connectivity index is 1.94. The van der Waals surface area contributed by atoms with E-state index < -0.39 is 5.97 Å². The maximum Gasteiger partial charge on any atom is 0.313 e. The predicted molar refractivity (Wildman–Crippen MR) is 66.1 cm³/mol. The Morgan fingerprint density at radius 1 is 1.25 bits per heavy atom. The highest BCUT2D eigenvalue weighted by Crippen LogP contribution is 2.10.